The maximum absolute atomic E-state index is 12.7. The van der Waals surface area contributed by atoms with E-state index in [1.165, 1.54) is 77.0 Å². The SMILES string of the molecule is CCCCCCC1(OC(=O)CCCCC(=O)OC2(CCCCCC)CCCCC2)CCCCC1. The highest BCUT2D eigenvalue weighted by Gasteiger charge is 2.36. The Morgan fingerprint density at radius 1 is 0.529 bits per heavy atom. The van der Waals surface area contributed by atoms with Crippen LogP contribution >= 0.6 is 0 Å². The Labute approximate surface area is 210 Å². The van der Waals surface area contributed by atoms with Gasteiger partial charge in [-0.05, 0) is 89.9 Å². The maximum Gasteiger partial charge on any atom is 0.306 e. The van der Waals surface area contributed by atoms with Gasteiger partial charge in [-0.25, -0.2) is 0 Å². The van der Waals surface area contributed by atoms with E-state index >= 15 is 0 Å². The van der Waals surface area contributed by atoms with Crippen molar-refractivity contribution in [3.05, 3.63) is 0 Å². The molecule has 2 aliphatic rings. The van der Waals surface area contributed by atoms with Crippen LogP contribution in [0.1, 0.15) is 168 Å². The van der Waals surface area contributed by atoms with E-state index < -0.39 is 0 Å². The first kappa shape index (κ1) is 29.2. The van der Waals surface area contributed by atoms with E-state index in [2.05, 4.69) is 13.8 Å². The Balaban J connectivity index is 1.70. The van der Waals surface area contributed by atoms with E-state index in [9.17, 15) is 9.59 Å². The topological polar surface area (TPSA) is 52.6 Å². The summed E-state index contributed by atoms with van der Waals surface area (Å²) >= 11 is 0. The quantitative estimate of drug-likeness (QED) is 0.155. The molecule has 2 saturated carbocycles. The lowest BCUT2D eigenvalue weighted by molar-refractivity contribution is -0.167. The van der Waals surface area contributed by atoms with Crippen molar-refractivity contribution in [2.24, 2.45) is 0 Å². The first-order valence-corrected chi connectivity index (χ1v) is 15.0. The molecule has 2 rings (SSSR count). The molecule has 0 bridgehead atoms. The molecule has 0 atom stereocenters. The Kier molecular flexibility index (Phi) is 14.2. The second-order valence-corrected chi connectivity index (χ2v) is 11.3. The molecule has 34 heavy (non-hydrogen) atoms. The number of rotatable bonds is 17. The van der Waals surface area contributed by atoms with Crippen molar-refractivity contribution < 1.29 is 19.1 Å². The molecule has 0 N–H and O–H groups in total. The van der Waals surface area contributed by atoms with Crippen molar-refractivity contribution in [1.29, 1.82) is 0 Å². The summed E-state index contributed by atoms with van der Waals surface area (Å²) in [5.74, 6) is -0.129. The number of hydrogen-bond acceptors (Lipinski definition) is 4. The summed E-state index contributed by atoms with van der Waals surface area (Å²) in [5.41, 5.74) is -0.430. The van der Waals surface area contributed by atoms with Crippen LogP contribution < -0.4 is 0 Å². The van der Waals surface area contributed by atoms with Crippen molar-refractivity contribution >= 4 is 11.9 Å². The predicted molar refractivity (Wildman–Crippen MR) is 140 cm³/mol. The van der Waals surface area contributed by atoms with Crippen LogP contribution in [0.3, 0.4) is 0 Å². The summed E-state index contributed by atoms with van der Waals surface area (Å²) in [6, 6.07) is 0. The number of esters is 2. The van der Waals surface area contributed by atoms with Crippen molar-refractivity contribution in [2.75, 3.05) is 0 Å². The summed E-state index contributed by atoms with van der Waals surface area (Å²) in [6.45, 7) is 4.46. The molecule has 2 aliphatic carbocycles. The zero-order valence-corrected chi connectivity index (χ0v) is 22.6. The fourth-order valence-electron chi connectivity index (χ4n) is 6.07. The summed E-state index contributed by atoms with van der Waals surface area (Å²) < 4.78 is 12.2. The van der Waals surface area contributed by atoms with Gasteiger partial charge >= 0.3 is 11.9 Å². The van der Waals surface area contributed by atoms with Gasteiger partial charge in [-0.1, -0.05) is 65.2 Å². The van der Waals surface area contributed by atoms with Gasteiger partial charge in [0.2, 0.25) is 0 Å². The van der Waals surface area contributed by atoms with Gasteiger partial charge in [0.05, 0.1) is 0 Å². The normalized spacial score (nSPS) is 19.5. The van der Waals surface area contributed by atoms with Gasteiger partial charge in [-0.15, -0.1) is 0 Å². The molecule has 0 amide bonds. The van der Waals surface area contributed by atoms with Crippen molar-refractivity contribution in [3.8, 4) is 0 Å². The smallest absolute Gasteiger partial charge is 0.306 e. The highest BCUT2D eigenvalue weighted by molar-refractivity contribution is 5.71. The Hall–Kier alpha value is -1.06. The molecule has 4 nitrogen and oxygen atoms in total. The highest BCUT2D eigenvalue weighted by atomic mass is 16.6. The van der Waals surface area contributed by atoms with E-state index in [-0.39, 0.29) is 23.1 Å². The molecule has 0 aromatic rings. The minimum atomic E-state index is -0.215. The van der Waals surface area contributed by atoms with Crippen molar-refractivity contribution in [3.63, 3.8) is 0 Å². The summed E-state index contributed by atoms with van der Waals surface area (Å²) in [6.07, 6.45) is 25.4. The second kappa shape index (κ2) is 16.6. The van der Waals surface area contributed by atoms with Gasteiger partial charge in [0.25, 0.3) is 0 Å². The van der Waals surface area contributed by atoms with Crippen LogP contribution in [0, 0.1) is 0 Å². The number of unbranched alkanes of at least 4 members (excludes halogenated alkanes) is 7. The zero-order valence-electron chi connectivity index (χ0n) is 22.6. The van der Waals surface area contributed by atoms with Crippen molar-refractivity contribution in [1.82, 2.24) is 0 Å². The summed E-state index contributed by atoms with van der Waals surface area (Å²) in [5, 5.41) is 0. The molecule has 0 aliphatic heterocycles. The van der Waals surface area contributed by atoms with E-state index in [1.54, 1.807) is 0 Å². The first-order chi connectivity index (χ1) is 16.5. The molecule has 0 aromatic heterocycles. The van der Waals surface area contributed by atoms with Gasteiger partial charge in [0, 0.05) is 12.8 Å². The predicted octanol–water partition coefficient (Wildman–Crippen LogP) is 8.98. The standard InChI is InChI=1S/C30H54O4/c1-3-5-7-13-21-29(23-15-9-16-24-29)33-27(31)19-11-12-20-28(32)34-30(22-14-8-6-4-2)25-17-10-18-26-30/h3-26H2,1-2H3. The lowest BCUT2D eigenvalue weighted by Crippen LogP contribution is -2.37. The molecule has 4 heteroatoms. The van der Waals surface area contributed by atoms with Crippen LogP contribution in [-0.4, -0.2) is 23.1 Å². The van der Waals surface area contributed by atoms with E-state index in [0.29, 0.717) is 25.7 Å². The Bertz CT molecular complexity index is 508. The van der Waals surface area contributed by atoms with Crippen LogP contribution in [-0.2, 0) is 19.1 Å². The fraction of sp³-hybridized carbons (Fsp3) is 0.933. The van der Waals surface area contributed by atoms with Gasteiger partial charge < -0.3 is 9.47 Å². The Morgan fingerprint density at radius 2 is 0.912 bits per heavy atom. The van der Waals surface area contributed by atoms with Gasteiger partial charge in [0.15, 0.2) is 0 Å². The molecular weight excluding hydrogens is 424 g/mol. The van der Waals surface area contributed by atoms with E-state index in [0.717, 1.165) is 51.4 Å². The Morgan fingerprint density at radius 3 is 1.26 bits per heavy atom. The maximum atomic E-state index is 12.7. The average molecular weight is 479 g/mol. The number of ether oxygens (including phenoxy) is 2. The molecule has 0 unspecified atom stereocenters. The third-order valence-electron chi connectivity index (χ3n) is 8.17. The van der Waals surface area contributed by atoms with Crippen molar-refractivity contribution in [2.45, 2.75) is 179 Å². The van der Waals surface area contributed by atoms with Gasteiger partial charge in [0.1, 0.15) is 11.2 Å². The lowest BCUT2D eigenvalue weighted by Gasteiger charge is -2.37. The molecule has 0 heterocycles. The minimum Gasteiger partial charge on any atom is -0.459 e. The molecule has 0 radical (unpaired) electrons. The number of carbonyl (C=O) groups excluding carboxylic acids is 2. The molecule has 198 valence electrons. The monoisotopic (exact) mass is 478 g/mol. The zero-order chi connectivity index (χ0) is 24.5. The van der Waals surface area contributed by atoms with Crippen LogP contribution in [0.5, 0.6) is 0 Å². The van der Waals surface area contributed by atoms with Gasteiger partial charge in [-0.2, -0.15) is 0 Å². The molecule has 0 aromatic carbocycles. The molecular formula is C30H54O4. The number of hydrogen-bond donors (Lipinski definition) is 0. The average Bonchev–Trinajstić information content (AvgIpc) is 2.84. The third kappa shape index (κ3) is 11.1. The molecule has 0 spiro atoms. The highest BCUT2D eigenvalue weighted by Crippen LogP contribution is 2.38. The molecule has 2 fully saturated rings. The van der Waals surface area contributed by atoms with Crippen LogP contribution in [0.2, 0.25) is 0 Å². The van der Waals surface area contributed by atoms with Crippen LogP contribution in [0.4, 0.5) is 0 Å². The lowest BCUT2D eigenvalue weighted by atomic mass is 9.80. The summed E-state index contributed by atoms with van der Waals surface area (Å²) in [7, 11) is 0. The fourth-order valence-corrected chi connectivity index (χ4v) is 6.07. The largest absolute Gasteiger partial charge is 0.459 e. The molecule has 0 saturated heterocycles. The summed E-state index contributed by atoms with van der Waals surface area (Å²) in [4.78, 5) is 25.3. The second-order valence-electron chi connectivity index (χ2n) is 11.3. The first-order valence-electron chi connectivity index (χ1n) is 15.0. The van der Waals surface area contributed by atoms with E-state index in [4.69, 9.17) is 9.47 Å². The van der Waals surface area contributed by atoms with Crippen LogP contribution in [0.25, 0.3) is 0 Å². The third-order valence-corrected chi connectivity index (χ3v) is 8.17. The minimum absolute atomic E-state index is 0.0644. The van der Waals surface area contributed by atoms with Crippen LogP contribution in [0.15, 0.2) is 0 Å². The van der Waals surface area contributed by atoms with E-state index in [1.807, 2.05) is 0 Å². The van der Waals surface area contributed by atoms with Gasteiger partial charge in [-0.3, -0.25) is 9.59 Å². The number of carbonyl (C=O) groups is 2.